The van der Waals surface area contributed by atoms with Gasteiger partial charge in [-0.05, 0) is 31.5 Å². The van der Waals surface area contributed by atoms with E-state index in [2.05, 4.69) is 26.2 Å². The highest BCUT2D eigenvalue weighted by molar-refractivity contribution is 9.10. The zero-order valence-corrected chi connectivity index (χ0v) is 12.8. The highest BCUT2D eigenvalue weighted by Gasteiger charge is 2.21. The molecule has 21 heavy (non-hydrogen) atoms. The third-order valence-electron chi connectivity index (χ3n) is 3.60. The van der Waals surface area contributed by atoms with E-state index in [0.717, 1.165) is 29.2 Å². The minimum Gasteiger partial charge on any atom is -0.475 e. The van der Waals surface area contributed by atoms with Crippen molar-refractivity contribution >= 4 is 32.4 Å². The molecule has 1 aromatic carbocycles. The van der Waals surface area contributed by atoms with Crippen molar-refractivity contribution in [2.45, 2.75) is 18.9 Å². The second kappa shape index (κ2) is 5.95. The molecule has 2 aromatic rings. The number of nitrogens with zero attached hydrogens (tertiary/aromatic N) is 2. The van der Waals surface area contributed by atoms with Crippen LogP contribution in [0.5, 0.6) is 5.88 Å². The number of rotatable bonds is 4. The van der Waals surface area contributed by atoms with Crippen LogP contribution < -0.4 is 10.1 Å². The average Bonchev–Trinajstić information content (AvgIpc) is 2.98. The molecule has 3 rings (SSSR count). The highest BCUT2D eigenvalue weighted by atomic mass is 79.9. The fourth-order valence-electron chi connectivity index (χ4n) is 2.55. The zero-order chi connectivity index (χ0) is 14.8. The first-order chi connectivity index (χ1) is 10.2. The van der Waals surface area contributed by atoms with Crippen LogP contribution in [-0.4, -0.2) is 29.1 Å². The van der Waals surface area contributed by atoms with Gasteiger partial charge in [0, 0.05) is 28.2 Å². The number of nitrogens with one attached hydrogen (secondary N) is 1. The molecule has 1 aliphatic heterocycles. The molecule has 0 aliphatic carbocycles. The summed E-state index contributed by atoms with van der Waals surface area (Å²) in [4.78, 5) is 15.0. The van der Waals surface area contributed by atoms with Gasteiger partial charge in [0.15, 0.2) is 0 Å². The van der Waals surface area contributed by atoms with E-state index in [4.69, 9.17) is 4.74 Å². The lowest BCUT2D eigenvalue weighted by molar-refractivity contribution is -0.383. The number of benzene rings is 1. The third kappa shape index (κ3) is 2.84. The first kappa shape index (κ1) is 14.2. The molecule has 7 heteroatoms. The minimum absolute atomic E-state index is 0.00989. The lowest BCUT2D eigenvalue weighted by Gasteiger charge is -2.13. The first-order valence-corrected chi connectivity index (χ1v) is 7.54. The van der Waals surface area contributed by atoms with Gasteiger partial charge in [-0.25, -0.2) is 4.98 Å². The Morgan fingerprint density at radius 3 is 3.05 bits per heavy atom. The summed E-state index contributed by atoms with van der Waals surface area (Å²) in [5, 5.41) is 15.7. The summed E-state index contributed by atoms with van der Waals surface area (Å²) in [7, 11) is 0. The molecule has 0 amide bonds. The van der Waals surface area contributed by atoms with Crippen LogP contribution in [0.25, 0.3) is 10.8 Å². The molecule has 0 saturated carbocycles. The summed E-state index contributed by atoms with van der Waals surface area (Å²) in [6, 6.07) is 5.17. The number of hydrogen-bond donors (Lipinski definition) is 1. The number of nitro benzene ring substituents is 1. The van der Waals surface area contributed by atoms with Gasteiger partial charge in [-0.2, -0.15) is 0 Å². The molecule has 0 bridgehead atoms. The standard InChI is InChI=1S/C14H14BrN3O3/c15-11-3-4-12(18(19)20)13-10(11)5-7-17-14(13)21-8-9-2-1-6-16-9/h3-5,7,9,16H,1-2,6,8H2. The molecule has 1 atom stereocenters. The number of halogens is 1. The predicted molar refractivity (Wildman–Crippen MR) is 82.6 cm³/mol. The van der Waals surface area contributed by atoms with Crippen molar-refractivity contribution in [2.24, 2.45) is 0 Å². The highest BCUT2D eigenvalue weighted by Crippen LogP contribution is 2.36. The monoisotopic (exact) mass is 351 g/mol. The van der Waals surface area contributed by atoms with Crippen LogP contribution >= 0.6 is 15.9 Å². The normalized spacial score (nSPS) is 18.0. The van der Waals surface area contributed by atoms with Gasteiger partial charge in [0.1, 0.15) is 12.0 Å². The van der Waals surface area contributed by atoms with Crippen LogP contribution in [0.3, 0.4) is 0 Å². The lowest BCUT2D eigenvalue weighted by Crippen LogP contribution is -2.28. The number of fused-ring (bicyclic) bond motifs is 1. The van der Waals surface area contributed by atoms with Gasteiger partial charge in [-0.3, -0.25) is 10.1 Å². The van der Waals surface area contributed by atoms with Crippen LogP contribution in [-0.2, 0) is 0 Å². The maximum atomic E-state index is 11.2. The molecule has 1 aliphatic rings. The van der Waals surface area contributed by atoms with Gasteiger partial charge in [0.2, 0.25) is 5.88 Å². The molecule has 0 spiro atoms. The summed E-state index contributed by atoms with van der Waals surface area (Å²) >= 11 is 3.41. The van der Waals surface area contributed by atoms with Gasteiger partial charge in [-0.1, -0.05) is 15.9 Å². The molecule has 1 aromatic heterocycles. The molecule has 1 unspecified atom stereocenters. The Kier molecular flexibility index (Phi) is 4.03. The summed E-state index contributed by atoms with van der Waals surface area (Å²) in [6.45, 7) is 1.46. The SMILES string of the molecule is O=[N+]([O-])c1ccc(Br)c2ccnc(OCC3CCCN3)c12. The van der Waals surface area contributed by atoms with E-state index < -0.39 is 4.92 Å². The Balaban J connectivity index is 2.00. The van der Waals surface area contributed by atoms with Crippen molar-refractivity contribution in [3.63, 3.8) is 0 Å². The van der Waals surface area contributed by atoms with Crippen molar-refractivity contribution in [3.8, 4) is 5.88 Å². The largest absolute Gasteiger partial charge is 0.475 e. The Morgan fingerprint density at radius 2 is 2.33 bits per heavy atom. The molecular formula is C14H14BrN3O3. The third-order valence-corrected chi connectivity index (χ3v) is 4.29. The molecule has 2 heterocycles. The number of non-ortho nitro benzene ring substituents is 1. The maximum absolute atomic E-state index is 11.2. The minimum atomic E-state index is -0.406. The summed E-state index contributed by atoms with van der Waals surface area (Å²) in [5.74, 6) is 0.314. The van der Waals surface area contributed by atoms with Gasteiger partial charge < -0.3 is 10.1 Å². The Bertz CT molecular complexity index is 686. The van der Waals surface area contributed by atoms with Gasteiger partial charge in [0.25, 0.3) is 5.69 Å². The number of hydrogen-bond acceptors (Lipinski definition) is 5. The second-order valence-electron chi connectivity index (χ2n) is 4.97. The molecule has 110 valence electrons. The number of ether oxygens (including phenoxy) is 1. The van der Waals surface area contributed by atoms with Crippen molar-refractivity contribution < 1.29 is 9.66 Å². The van der Waals surface area contributed by atoms with E-state index in [9.17, 15) is 10.1 Å². The first-order valence-electron chi connectivity index (χ1n) is 6.74. The average molecular weight is 352 g/mol. The van der Waals surface area contributed by atoms with E-state index in [0.29, 0.717) is 17.9 Å². The van der Waals surface area contributed by atoms with Crippen LogP contribution in [0.1, 0.15) is 12.8 Å². The maximum Gasteiger partial charge on any atom is 0.282 e. The van der Waals surface area contributed by atoms with E-state index in [1.807, 2.05) is 0 Å². The van der Waals surface area contributed by atoms with E-state index in [-0.39, 0.29) is 11.7 Å². The Morgan fingerprint density at radius 1 is 1.48 bits per heavy atom. The van der Waals surface area contributed by atoms with E-state index in [1.165, 1.54) is 6.07 Å². The number of aromatic nitrogens is 1. The van der Waals surface area contributed by atoms with Crippen molar-refractivity contribution in [3.05, 3.63) is 39.0 Å². The molecule has 6 nitrogen and oxygen atoms in total. The van der Waals surface area contributed by atoms with Gasteiger partial charge in [0.05, 0.1) is 4.92 Å². The van der Waals surface area contributed by atoms with Crippen molar-refractivity contribution in [2.75, 3.05) is 13.2 Å². The molecule has 1 saturated heterocycles. The fourth-order valence-corrected chi connectivity index (χ4v) is 3.02. The smallest absolute Gasteiger partial charge is 0.282 e. The summed E-state index contributed by atoms with van der Waals surface area (Å²) < 4.78 is 6.54. The molecule has 0 radical (unpaired) electrons. The second-order valence-corrected chi connectivity index (χ2v) is 5.82. The van der Waals surface area contributed by atoms with E-state index >= 15 is 0 Å². The molecular weight excluding hydrogens is 338 g/mol. The lowest BCUT2D eigenvalue weighted by atomic mass is 10.1. The van der Waals surface area contributed by atoms with Crippen LogP contribution in [0, 0.1) is 10.1 Å². The summed E-state index contributed by atoms with van der Waals surface area (Å²) in [5.41, 5.74) is 0.00989. The number of nitro groups is 1. The Hall–Kier alpha value is -1.73. The van der Waals surface area contributed by atoms with Crippen LogP contribution in [0.2, 0.25) is 0 Å². The van der Waals surface area contributed by atoms with Crippen LogP contribution in [0.15, 0.2) is 28.9 Å². The van der Waals surface area contributed by atoms with E-state index in [1.54, 1.807) is 18.3 Å². The number of pyridine rings is 1. The topological polar surface area (TPSA) is 77.3 Å². The molecule has 1 fully saturated rings. The van der Waals surface area contributed by atoms with Crippen molar-refractivity contribution in [1.82, 2.24) is 10.3 Å². The van der Waals surface area contributed by atoms with Crippen molar-refractivity contribution in [1.29, 1.82) is 0 Å². The quantitative estimate of drug-likeness (QED) is 0.676. The van der Waals surface area contributed by atoms with Crippen LogP contribution in [0.4, 0.5) is 5.69 Å². The molecule has 1 N–H and O–H groups in total. The fraction of sp³-hybridized carbons (Fsp3) is 0.357. The van der Waals surface area contributed by atoms with Gasteiger partial charge in [-0.15, -0.1) is 0 Å². The predicted octanol–water partition coefficient (Wildman–Crippen LogP) is 3.04. The van der Waals surface area contributed by atoms with Gasteiger partial charge >= 0.3 is 0 Å². The zero-order valence-electron chi connectivity index (χ0n) is 11.2. The summed E-state index contributed by atoms with van der Waals surface area (Å²) in [6.07, 6.45) is 3.79. The Labute approximate surface area is 129 Å².